The van der Waals surface area contributed by atoms with Crippen LogP contribution >= 0.6 is 15.9 Å². The zero-order valence-electron chi connectivity index (χ0n) is 9.04. The van der Waals surface area contributed by atoms with Crippen molar-refractivity contribution >= 4 is 27.3 Å². The highest BCUT2D eigenvalue weighted by atomic mass is 79.9. The van der Waals surface area contributed by atoms with E-state index in [-0.39, 0.29) is 0 Å². The third kappa shape index (κ3) is 2.28. The van der Waals surface area contributed by atoms with Gasteiger partial charge in [-0.15, -0.1) is 0 Å². The van der Waals surface area contributed by atoms with Crippen LogP contribution in [0.5, 0.6) is 0 Å². The van der Waals surface area contributed by atoms with Gasteiger partial charge in [-0.1, -0.05) is 15.9 Å². The molecule has 1 aromatic carbocycles. The van der Waals surface area contributed by atoms with E-state index in [2.05, 4.69) is 33.8 Å². The first-order valence-electron chi connectivity index (χ1n) is 5.50. The summed E-state index contributed by atoms with van der Waals surface area (Å²) < 4.78 is 1.10. The summed E-state index contributed by atoms with van der Waals surface area (Å²) >= 11 is 3.50. The van der Waals surface area contributed by atoms with Crippen molar-refractivity contribution in [2.24, 2.45) is 0 Å². The average molecular weight is 269 g/mol. The van der Waals surface area contributed by atoms with Crippen molar-refractivity contribution in [1.29, 1.82) is 0 Å². The zero-order chi connectivity index (χ0) is 10.8. The van der Waals surface area contributed by atoms with Gasteiger partial charge in [-0.3, -0.25) is 0 Å². The van der Waals surface area contributed by atoms with Gasteiger partial charge in [0.2, 0.25) is 0 Å². The molecule has 15 heavy (non-hydrogen) atoms. The number of benzene rings is 1. The molecule has 0 amide bonds. The van der Waals surface area contributed by atoms with Crippen molar-refractivity contribution in [3.05, 3.63) is 22.7 Å². The van der Waals surface area contributed by atoms with E-state index in [0.717, 1.165) is 16.7 Å². The van der Waals surface area contributed by atoms with Gasteiger partial charge in [0.25, 0.3) is 0 Å². The van der Waals surface area contributed by atoms with Crippen LogP contribution < -0.4 is 10.6 Å². The zero-order valence-corrected chi connectivity index (χ0v) is 10.6. The van der Waals surface area contributed by atoms with E-state index >= 15 is 0 Å². The van der Waals surface area contributed by atoms with Crippen molar-refractivity contribution in [2.75, 3.05) is 17.2 Å². The normalized spacial score (nSPS) is 21.7. The number of nitrogens with two attached hydrogens (primary N) is 1. The lowest BCUT2D eigenvalue weighted by Crippen LogP contribution is -2.37. The monoisotopic (exact) mass is 268 g/mol. The summed E-state index contributed by atoms with van der Waals surface area (Å²) in [4.78, 5) is 2.42. The van der Waals surface area contributed by atoms with Crippen LogP contribution in [0.15, 0.2) is 22.7 Å². The fraction of sp³-hybridized carbons (Fsp3) is 0.500. The molecule has 1 heterocycles. The highest BCUT2D eigenvalue weighted by molar-refractivity contribution is 9.10. The van der Waals surface area contributed by atoms with Crippen molar-refractivity contribution in [1.82, 2.24) is 0 Å². The first kappa shape index (κ1) is 10.8. The second-order valence-electron chi connectivity index (χ2n) is 4.24. The molecule has 1 atom stereocenters. The van der Waals surface area contributed by atoms with Gasteiger partial charge in [-0.05, 0) is 44.4 Å². The standard InChI is InChI=1S/C12H17BrN2/c1-9-4-2-3-7-15(9)12-8-10(13)5-6-11(12)14/h5-6,8-9H,2-4,7,14H2,1H3. The maximum absolute atomic E-state index is 6.02. The summed E-state index contributed by atoms with van der Waals surface area (Å²) in [5, 5.41) is 0. The van der Waals surface area contributed by atoms with E-state index < -0.39 is 0 Å². The molecule has 0 saturated carbocycles. The second-order valence-corrected chi connectivity index (χ2v) is 5.16. The first-order chi connectivity index (χ1) is 7.18. The van der Waals surface area contributed by atoms with Crippen molar-refractivity contribution in [3.8, 4) is 0 Å². The lowest BCUT2D eigenvalue weighted by molar-refractivity contribution is 0.485. The number of piperidine rings is 1. The number of nitrogens with zero attached hydrogens (tertiary/aromatic N) is 1. The molecule has 1 aromatic rings. The molecule has 0 radical (unpaired) electrons. The Labute approximate surface area is 99.6 Å². The van der Waals surface area contributed by atoms with E-state index in [0.29, 0.717) is 6.04 Å². The van der Waals surface area contributed by atoms with Crippen LogP contribution in [0, 0.1) is 0 Å². The fourth-order valence-electron chi connectivity index (χ4n) is 2.22. The van der Waals surface area contributed by atoms with Crippen molar-refractivity contribution < 1.29 is 0 Å². The van der Waals surface area contributed by atoms with Crippen LogP contribution in [0.2, 0.25) is 0 Å². The first-order valence-corrected chi connectivity index (χ1v) is 6.29. The smallest absolute Gasteiger partial charge is 0.0613 e. The van der Waals surface area contributed by atoms with Crippen molar-refractivity contribution in [2.45, 2.75) is 32.2 Å². The third-order valence-corrected chi connectivity index (χ3v) is 3.60. The van der Waals surface area contributed by atoms with Gasteiger partial charge in [0.15, 0.2) is 0 Å². The Morgan fingerprint density at radius 2 is 2.20 bits per heavy atom. The van der Waals surface area contributed by atoms with Gasteiger partial charge in [-0.25, -0.2) is 0 Å². The molecule has 3 heteroatoms. The van der Waals surface area contributed by atoms with Crippen LogP contribution in [0.25, 0.3) is 0 Å². The van der Waals surface area contributed by atoms with Gasteiger partial charge in [-0.2, -0.15) is 0 Å². The Balaban J connectivity index is 2.30. The molecule has 0 bridgehead atoms. The number of anilines is 2. The number of hydrogen-bond acceptors (Lipinski definition) is 2. The van der Waals surface area contributed by atoms with E-state index in [1.807, 2.05) is 12.1 Å². The number of hydrogen-bond donors (Lipinski definition) is 1. The number of rotatable bonds is 1. The molecule has 1 aliphatic rings. The van der Waals surface area contributed by atoms with Crippen molar-refractivity contribution in [3.63, 3.8) is 0 Å². The largest absolute Gasteiger partial charge is 0.397 e. The molecule has 2 rings (SSSR count). The molecule has 82 valence electrons. The Kier molecular flexibility index (Phi) is 3.19. The molecule has 0 aliphatic carbocycles. The van der Waals surface area contributed by atoms with Crippen LogP contribution in [0.1, 0.15) is 26.2 Å². The molecule has 1 fully saturated rings. The van der Waals surface area contributed by atoms with Crippen LogP contribution in [-0.4, -0.2) is 12.6 Å². The summed E-state index contributed by atoms with van der Waals surface area (Å²) in [6.45, 7) is 3.40. The van der Waals surface area contributed by atoms with Gasteiger partial charge >= 0.3 is 0 Å². The summed E-state index contributed by atoms with van der Waals surface area (Å²) in [6.07, 6.45) is 3.88. The Hall–Kier alpha value is -0.700. The van der Waals surface area contributed by atoms with E-state index in [9.17, 15) is 0 Å². The predicted octanol–water partition coefficient (Wildman–Crippen LogP) is 3.41. The minimum absolute atomic E-state index is 0.607. The molecule has 2 nitrogen and oxygen atoms in total. The van der Waals surface area contributed by atoms with Gasteiger partial charge in [0.05, 0.1) is 11.4 Å². The van der Waals surface area contributed by atoms with Crippen LogP contribution in [0.4, 0.5) is 11.4 Å². The summed E-state index contributed by atoms with van der Waals surface area (Å²) in [7, 11) is 0. The molecule has 2 N–H and O–H groups in total. The quantitative estimate of drug-likeness (QED) is 0.791. The minimum Gasteiger partial charge on any atom is -0.397 e. The second kappa shape index (κ2) is 4.44. The predicted molar refractivity (Wildman–Crippen MR) is 69.2 cm³/mol. The Morgan fingerprint density at radius 1 is 1.40 bits per heavy atom. The Bertz CT molecular complexity index is 351. The van der Waals surface area contributed by atoms with Gasteiger partial charge < -0.3 is 10.6 Å². The number of nitrogen functional groups attached to an aromatic ring is 1. The molecule has 0 spiro atoms. The molecule has 1 aliphatic heterocycles. The highest BCUT2D eigenvalue weighted by Crippen LogP contribution is 2.31. The van der Waals surface area contributed by atoms with Crippen LogP contribution in [0.3, 0.4) is 0 Å². The van der Waals surface area contributed by atoms with E-state index in [1.54, 1.807) is 0 Å². The maximum Gasteiger partial charge on any atom is 0.0613 e. The fourth-order valence-corrected chi connectivity index (χ4v) is 2.57. The average Bonchev–Trinajstić information content (AvgIpc) is 2.23. The van der Waals surface area contributed by atoms with E-state index in [1.165, 1.54) is 24.9 Å². The Morgan fingerprint density at radius 3 is 2.93 bits per heavy atom. The molecular weight excluding hydrogens is 252 g/mol. The molecule has 1 saturated heterocycles. The third-order valence-electron chi connectivity index (χ3n) is 3.10. The minimum atomic E-state index is 0.607. The lowest BCUT2D eigenvalue weighted by atomic mass is 10.0. The van der Waals surface area contributed by atoms with E-state index in [4.69, 9.17) is 5.73 Å². The summed E-state index contributed by atoms with van der Waals surface area (Å²) in [5.74, 6) is 0. The van der Waals surface area contributed by atoms with Crippen LogP contribution in [-0.2, 0) is 0 Å². The molecular formula is C12H17BrN2. The highest BCUT2D eigenvalue weighted by Gasteiger charge is 2.20. The SMILES string of the molecule is CC1CCCCN1c1cc(Br)ccc1N. The van der Waals surface area contributed by atoms with Gasteiger partial charge in [0.1, 0.15) is 0 Å². The summed E-state index contributed by atoms with van der Waals surface area (Å²) in [5.41, 5.74) is 8.08. The summed E-state index contributed by atoms with van der Waals surface area (Å²) in [6, 6.07) is 6.70. The molecule has 1 unspecified atom stereocenters. The number of halogens is 1. The lowest BCUT2D eigenvalue weighted by Gasteiger charge is -2.36. The maximum atomic E-state index is 6.02. The molecule has 0 aromatic heterocycles. The van der Waals surface area contributed by atoms with Gasteiger partial charge in [0, 0.05) is 17.1 Å². The topological polar surface area (TPSA) is 29.3 Å².